The van der Waals surface area contributed by atoms with Crippen molar-refractivity contribution in [2.75, 3.05) is 11.2 Å². The van der Waals surface area contributed by atoms with Gasteiger partial charge < -0.3 is 10.3 Å². The number of fused-ring (bicyclic) bond motifs is 1. The van der Waals surface area contributed by atoms with Crippen LogP contribution in [0.2, 0.25) is 0 Å². The number of halogens is 1. The van der Waals surface area contributed by atoms with E-state index >= 15 is 0 Å². The summed E-state index contributed by atoms with van der Waals surface area (Å²) in [6, 6.07) is 7.24. The molecule has 0 aliphatic rings. The maximum Gasteiger partial charge on any atom is 0.248 e. The second kappa shape index (κ2) is 7.27. The van der Waals surface area contributed by atoms with E-state index in [9.17, 15) is 9.59 Å². The Hall–Kier alpha value is -1.81. The van der Waals surface area contributed by atoms with Gasteiger partial charge in [0.1, 0.15) is 0 Å². The van der Waals surface area contributed by atoms with Crippen LogP contribution >= 0.6 is 11.6 Å². The molecule has 0 aliphatic heterocycles. The van der Waals surface area contributed by atoms with E-state index in [-0.39, 0.29) is 11.5 Å². The number of carbonyl (C=O) groups is 1. The molecule has 0 radical (unpaired) electrons. The molecule has 2 N–H and O–H groups in total. The first kappa shape index (κ1) is 15.6. The number of H-pyrrole nitrogens is 1. The molecular weight excluding hydrogens is 288 g/mol. The van der Waals surface area contributed by atoms with Crippen LogP contribution in [0.5, 0.6) is 0 Å². The number of hydrogen-bond donors (Lipinski definition) is 2. The van der Waals surface area contributed by atoms with E-state index in [2.05, 4.69) is 17.2 Å². The zero-order valence-electron chi connectivity index (χ0n) is 12.0. The van der Waals surface area contributed by atoms with Crippen LogP contribution in [0.15, 0.2) is 29.1 Å². The Kier molecular flexibility index (Phi) is 5.39. The van der Waals surface area contributed by atoms with Crippen LogP contribution in [-0.4, -0.2) is 16.8 Å². The molecule has 112 valence electrons. The molecule has 0 saturated heterocycles. The summed E-state index contributed by atoms with van der Waals surface area (Å²) in [5.41, 5.74) is 2.36. The molecule has 4 nitrogen and oxygen atoms in total. The normalized spacial score (nSPS) is 10.8. The van der Waals surface area contributed by atoms with Crippen LogP contribution in [0, 0.1) is 0 Å². The van der Waals surface area contributed by atoms with E-state index in [1.165, 1.54) is 0 Å². The maximum atomic E-state index is 11.7. The summed E-state index contributed by atoms with van der Waals surface area (Å²) >= 11 is 5.57. The van der Waals surface area contributed by atoms with Gasteiger partial charge in [-0.25, -0.2) is 0 Å². The van der Waals surface area contributed by atoms with Gasteiger partial charge in [0.25, 0.3) is 0 Å². The molecular formula is C16H19ClN2O2. The summed E-state index contributed by atoms with van der Waals surface area (Å²) in [5.74, 6) is 0.404. The molecule has 0 saturated carbocycles. The van der Waals surface area contributed by atoms with Gasteiger partial charge in [0.2, 0.25) is 11.5 Å². The number of aromatic nitrogens is 1. The number of aromatic amines is 1. The lowest BCUT2D eigenvalue weighted by Gasteiger charge is -2.08. The Bertz CT molecular complexity index is 694. The Morgan fingerprint density at radius 1 is 1.33 bits per heavy atom. The van der Waals surface area contributed by atoms with Crippen LogP contribution in [-0.2, 0) is 11.2 Å². The summed E-state index contributed by atoms with van der Waals surface area (Å²) in [6.45, 7) is 2.08. The summed E-state index contributed by atoms with van der Waals surface area (Å²) in [7, 11) is 0. The lowest BCUT2D eigenvalue weighted by atomic mass is 10.0. The number of nitrogens with one attached hydrogen (secondary N) is 2. The van der Waals surface area contributed by atoms with Gasteiger partial charge in [-0.15, -0.1) is 11.6 Å². The molecule has 21 heavy (non-hydrogen) atoms. The van der Waals surface area contributed by atoms with Crippen LogP contribution in [0.4, 0.5) is 5.69 Å². The Balaban J connectivity index is 2.29. The molecule has 2 aromatic rings. The van der Waals surface area contributed by atoms with Crippen LogP contribution in [0.25, 0.3) is 10.9 Å². The van der Waals surface area contributed by atoms with Gasteiger partial charge in [-0.05, 0) is 30.5 Å². The minimum absolute atomic E-state index is 0.0675. The fourth-order valence-electron chi connectivity index (χ4n) is 2.34. The highest BCUT2D eigenvalue weighted by molar-refractivity contribution is 6.18. The predicted molar refractivity (Wildman–Crippen MR) is 87.1 cm³/mol. The highest BCUT2D eigenvalue weighted by atomic mass is 35.5. The largest absolute Gasteiger partial charge is 0.326 e. The van der Waals surface area contributed by atoms with Crippen molar-refractivity contribution in [2.24, 2.45) is 0 Å². The Morgan fingerprint density at radius 2 is 2.14 bits per heavy atom. The molecule has 0 aliphatic carbocycles. The fraction of sp³-hybridized carbons (Fsp3) is 0.375. The highest BCUT2D eigenvalue weighted by Gasteiger charge is 2.06. The monoisotopic (exact) mass is 306 g/mol. The van der Waals surface area contributed by atoms with Crippen molar-refractivity contribution >= 4 is 34.1 Å². The lowest BCUT2D eigenvalue weighted by Crippen LogP contribution is -2.12. The van der Waals surface area contributed by atoms with Crippen molar-refractivity contribution in [3.8, 4) is 0 Å². The van der Waals surface area contributed by atoms with Crippen molar-refractivity contribution in [2.45, 2.75) is 32.6 Å². The molecule has 1 amide bonds. The molecule has 1 aromatic carbocycles. The molecule has 5 heteroatoms. The number of pyridine rings is 1. The van der Waals surface area contributed by atoms with Crippen LogP contribution in [0.1, 0.15) is 31.7 Å². The number of anilines is 1. The lowest BCUT2D eigenvalue weighted by molar-refractivity contribution is -0.116. The zero-order valence-corrected chi connectivity index (χ0v) is 12.8. The number of alkyl halides is 1. The molecule has 0 atom stereocenters. The Labute approximate surface area is 128 Å². The van der Waals surface area contributed by atoms with E-state index in [0.29, 0.717) is 24.4 Å². The number of hydrogen-bond acceptors (Lipinski definition) is 2. The van der Waals surface area contributed by atoms with E-state index < -0.39 is 0 Å². The average Bonchev–Trinajstić information content (AvgIpc) is 2.45. The topological polar surface area (TPSA) is 62.0 Å². The summed E-state index contributed by atoms with van der Waals surface area (Å²) in [4.78, 5) is 26.2. The second-order valence-electron chi connectivity index (χ2n) is 5.01. The van der Waals surface area contributed by atoms with Gasteiger partial charge in [-0.1, -0.05) is 19.4 Å². The average molecular weight is 307 g/mol. The molecule has 0 fully saturated rings. The Morgan fingerprint density at radius 3 is 2.86 bits per heavy atom. The molecule has 0 spiro atoms. The van der Waals surface area contributed by atoms with Gasteiger partial charge in [0, 0.05) is 29.4 Å². The molecule has 2 rings (SSSR count). The first-order valence-electron chi connectivity index (χ1n) is 7.16. The van der Waals surface area contributed by atoms with Crippen molar-refractivity contribution in [1.29, 1.82) is 0 Å². The standard InChI is InChI=1S/C16H19ClN2O2/c1-2-4-11-9-16(21)19-14-10-12(6-7-13(11)14)18-15(20)5-3-8-17/h6-7,9-10H,2-5,8H2,1H3,(H,18,20)(H,19,21). The number of carbonyl (C=O) groups excluding carboxylic acids is 1. The molecule has 1 heterocycles. The van der Waals surface area contributed by atoms with Crippen molar-refractivity contribution < 1.29 is 4.79 Å². The number of aryl methyl sites for hydroxylation is 1. The summed E-state index contributed by atoms with van der Waals surface area (Å²) in [5, 5.41) is 3.84. The SMILES string of the molecule is CCCc1cc(=O)[nH]c2cc(NC(=O)CCCCl)ccc12. The summed E-state index contributed by atoms with van der Waals surface area (Å²) in [6.07, 6.45) is 2.89. The first-order valence-corrected chi connectivity index (χ1v) is 7.69. The molecule has 0 bridgehead atoms. The fourth-order valence-corrected chi connectivity index (χ4v) is 2.47. The smallest absolute Gasteiger partial charge is 0.248 e. The summed E-state index contributed by atoms with van der Waals surface area (Å²) < 4.78 is 0. The minimum atomic E-state index is -0.114. The van der Waals surface area contributed by atoms with Gasteiger partial charge >= 0.3 is 0 Å². The third-order valence-corrected chi connectivity index (χ3v) is 3.54. The zero-order chi connectivity index (χ0) is 15.2. The van der Waals surface area contributed by atoms with Gasteiger partial charge in [-0.2, -0.15) is 0 Å². The van der Waals surface area contributed by atoms with Crippen LogP contribution in [0.3, 0.4) is 0 Å². The number of amides is 1. The van der Waals surface area contributed by atoms with E-state index in [1.807, 2.05) is 12.1 Å². The molecule has 1 aromatic heterocycles. The van der Waals surface area contributed by atoms with Crippen LogP contribution < -0.4 is 10.9 Å². The number of rotatable bonds is 6. The number of benzene rings is 1. The molecule has 0 unspecified atom stereocenters. The maximum absolute atomic E-state index is 11.7. The third kappa shape index (κ3) is 4.08. The van der Waals surface area contributed by atoms with Gasteiger partial charge in [0.05, 0.1) is 5.52 Å². The van der Waals surface area contributed by atoms with Crippen molar-refractivity contribution in [3.05, 3.63) is 40.2 Å². The van der Waals surface area contributed by atoms with Crippen molar-refractivity contribution in [3.63, 3.8) is 0 Å². The second-order valence-corrected chi connectivity index (χ2v) is 5.39. The first-order chi connectivity index (χ1) is 10.1. The van der Waals surface area contributed by atoms with E-state index in [1.54, 1.807) is 12.1 Å². The highest BCUT2D eigenvalue weighted by Crippen LogP contribution is 2.21. The van der Waals surface area contributed by atoms with Gasteiger partial charge in [-0.3, -0.25) is 9.59 Å². The minimum Gasteiger partial charge on any atom is -0.326 e. The van der Waals surface area contributed by atoms with E-state index in [4.69, 9.17) is 11.6 Å². The van der Waals surface area contributed by atoms with E-state index in [0.717, 1.165) is 29.3 Å². The van der Waals surface area contributed by atoms with Gasteiger partial charge in [0.15, 0.2) is 0 Å². The predicted octanol–water partition coefficient (Wildman–Crippen LogP) is 3.44. The van der Waals surface area contributed by atoms with Crippen molar-refractivity contribution in [1.82, 2.24) is 4.98 Å². The quantitative estimate of drug-likeness (QED) is 0.803. The third-order valence-electron chi connectivity index (χ3n) is 3.27.